The first kappa shape index (κ1) is 13.7. The lowest BCUT2D eigenvalue weighted by atomic mass is 9.96. The molecule has 0 N–H and O–H groups in total. The van der Waals surface area contributed by atoms with E-state index in [0.717, 1.165) is 5.92 Å². The molecule has 1 saturated heterocycles. The van der Waals surface area contributed by atoms with Crippen LogP contribution >= 0.6 is 0 Å². The molecular formula is C14H21N3. The second kappa shape index (κ2) is 7.81. The molecule has 0 spiro atoms. The minimum atomic E-state index is 0.604. The van der Waals surface area contributed by atoms with Gasteiger partial charge in [0, 0.05) is 18.9 Å². The average Bonchev–Trinajstić information content (AvgIpc) is 2.40. The number of rotatable bonds is 1. The molecule has 0 aliphatic carbocycles. The molecule has 1 aromatic rings. The molecule has 0 amide bonds. The number of aromatic nitrogens is 1. The van der Waals surface area contributed by atoms with Gasteiger partial charge in [0.2, 0.25) is 0 Å². The summed E-state index contributed by atoms with van der Waals surface area (Å²) in [6, 6.07) is 5.41. The molecule has 1 unspecified atom stereocenters. The van der Waals surface area contributed by atoms with Gasteiger partial charge in [-0.2, -0.15) is 5.26 Å². The minimum absolute atomic E-state index is 0.604. The average molecular weight is 231 g/mol. The Morgan fingerprint density at radius 1 is 1.59 bits per heavy atom. The van der Waals surface area contributed by atoms with Gasteiger partial charge in [0.15, 0.2) is 0 Å². The van der Waals surface area contributed by atoms with E-state index in [1.54, 1.807) is 18.3 Å². The van der Waals surface area contributed by atoms with Crippen molar-refractivity contribution in [1.82, 2.24) is 9.88 Å². The third-order valence-corrected chi connectivity index (χ3v) is 3.09. The lowest BCUT2D eigenvalue weighted by Gasteiger charge is -2.28. The molecule has 1 aromatic heterocycles. The van der Waals surface area contributed by atoms with Crippen molar-refractivity contribution in [2.75, 3.05) is 20.1 Å². The highest BCUT2D eigenvalue weighted by molar-refractivity contribution is 5.23. The van der Waals surface area contributed by atoms with Gasteiger partial charge in [0.05, 0.1) is 5.56 Å². The molecule has 0 saturated carbocycles. The summed E-state index contributed by atoms with van der Waals surface area (Å²) in [7, 11) is 2.22. The summed E-state index contributed by atoms with van der Waals surface area (Å²) in [4.78, 5) is 6.18. The molecule has 0 radical (unpaired) electrons. The summed E-state index contributed by atoms with van der Waals surface area (Å²) in [5.41, 5.74) is 0.604. The van der Waals surface area contributed by atoms with Gasteiger partial charge in [-0.25, -0.2) is 0 Å². The highest BCUT2D eigenvalue weighted by Crippen LogP contribution is 2.17. The van der Waals surface area contributed by atoms with E-state index in [1.807, 2.05) is 6.07 Å². The van der Waals surface area contributed by atoms with E-state index in [4.69, 9.17) is 5.26 Å². The Kier molecular flexibility index (Phi) is 6.27. The van der Waals surface area contributed by atoms with Crippen LogP contribution in [0.4, 0.5) is 0 Å². The zero-order valence-electron chi connectivity index (χ0n) is 10.8. The summed E-state index contributed by atoms with van der Waals surface area (Å²) in [6.45, 7) is 4.94. The summed E-state index contributed by atoms with van der Waals surface area (Å²) in [5.74, 6) is 0.990. The topological polar surface area (TPSA) is 39.9 Å². The van der Waals surface area contributed by atoms with Crippen LogP contribution in [0.25, 0.3) is 0 Å². The second-order valence-corrected chi connectivity index (χ2v) is 4.53. The molecule has 17 heavy (non-hydrogen) atoms. The van der Waals surface area contributed by atoms with Gasteiger partial charge >= 0.3 is 0 Å². The van der Waals surface area contributed by atoms with Crippen molar-refractivity contribution in [2.24, 2.45) is 5.92 Å². The minimum Gasteiger partial charge on any atom is -0.306 e. The highest BCUT2D eigenvalue weighted by Gasteiger charge is 2.14. The predicted molar refractivity (Wildman–Crippen MR) is 69.5 cm³/mol. The summed E-state index contributed by atoms with van der Waals surface area (Å²) in [5, 5.41) is 8.25. The third kappa shape index (κ3) is 5.46. The molecule has 0 bridgehead atoms. The highest BCUT2D eigenvalue weighted by atomic mass is 15.1. The van der Waals surface area contributed by atoms with E-state index in [2.05, 4.69) is 23.9 Å². The van der Waals surface area contributed by atoms with Gasteiger partial charge in [0.1, 0.15) is 6.07 Å². The molecule has 1 atom stereocenters. The van der Waals surface area contributed by atoms with Crippen LogP contribution in [-0.2, 0) is 0 Å². The number of piperidine rings is 1. The molecule has 1 fully saturated rings. The quantitative estimate of drug-likeness (QED) is 0.746. The standard InChI is InChI=1S/C8H17N.C6H4N2/c1-3-8-5-4-6-9(2)7-8;7-4-6-2-1-3-8-5-6/h8H,3-7H2,1-2H3;1-3,5H. The van der Waals surface area contributed by atoms with Crippen LogP contribution in [0.5, 0.6) is 0 Å². The lowest BCUT2D eigenvalue weighted by molar-refractivity contribution is 0.206. The second-order valence-electron chi connectivity index (χ2n) is 4.53. The molecule has 92 valence electrons. The first-order chi connectivity index (χ1) is 8.26. The zero-order chi connectivity index (χ0) is 12.5. The summed E-state index contributed by atoms with van der Waals surface area (Å²) in [6.07, 6.45) is 7.40. The summed E-state index contributed by atoms with van der Waals surface area (Å²) >= 11 is 0. The van der Waals surface area contributed by atoms with E-state index in [9.17, 15) is 0 Å². The Balaban J connectivity index is 0.000000171. The van der Waals surface area contributed by atoms with Crippen LogP contribution in [0, 0.1) is 17.2 Å². The molecule has 0 aromatic carbocycles. The first-order valence-corrected chi connectivity index (χ1v) is 6.25. The molecule has 1 aliphatic heterocycles. The molecule has 2 rings (SSSR count). The van der Waals surface area contributed by atoms with Crippen molar-refractivity contribution in [2.45, 2.75) is 26.2 Å². The van der Waals surface area contributed by atoms with Crippen LogP contribution < -0.4 is 0 Å². The smallest absolute Gasteiger partial charge is 0.101 e. The number of pyridine rings is 1. The Morgan fingerprint density at radius 2 is 2.41 bits per heavy atom. The van der Waals surface area contributed by atoms with Crippen LogP contribution in [-0.4, -0.2) is 30.0 Å². The van der Waals surface area contributed by atoms with Gasteiger partial charge in [0.25, 0.3) is 0 Å². The maximum atomic E-state index is 8.25. The lowest BCUT2D eigenvalue weighted by Crippen LogP contribution is -2.31. The third-order valence-electron chi connectivity index (χ3n) is 3.09. The maximum Gasteiger partial charge on any atom is 0.101 e. The van der Waals surface area contributed by atoms with E-state index in [1.165, 1.54) is 38.5 Å². The first-order valence-electron chi connectivity index (χ1n) is 6.25. The predicted octanol–water partition coefficient (Wildman–Crippen LogP) is 2.69. The zero-order valence-corrected chi connectivity index (χ0v) is 10.8. The Morgan fingerprint density at radius 3 is 2.82 bits per heavy atom. The van der Waals surface area contributed by atoms with E-state index < -0.39 is 0 Å². The van der Waals surface area contributed by atoms with Gasteiger partial charge in [-0.05, 0) is 44.5 Å². The van der Waals surface area contributed by atoms with Crippen molar-refractivity contribution < 1.29 is 0 Å². The van der Waals surface area contributed by atoms with E-state index >= 15 is 0 Å². The number of likely N-dealkylation sites (tertiary alicyclic amines) is 1. The maximum absolute atomic E-state index is 8.25. The SMILES string of the molecule is CCC1CCCN(C)C1.N#Cc1cccnc1. The van der Waals surface area contributed by atoms with Crippen molar-refractivity contribution in [3.63, 3.8) is 0 Å². The fourth-order valence-corrected chi connectivity index (χ4v) is 2.04. The van der Waals surface area contributed by atoms with Crippen LogP contribution in [0.2, 0.25) is 0 Å². The fraction of sp³-hybridized carbons (Fsp3) is 0.571. The fourth-order valence-electron chi connectivity index (χ4n) is 2.04. The van der Waals surface area contributed by atoms with Crippen molar-refractivity contribution in [3.8, 4) is 6.07 Å². The molecule has 1 aliphatic rings. The van der Waals surface area contributed by atoms with Crippen LogP contribution in [0.1, 0.15) is 31.7 Å². The monoisotopic (exact) mass is 231 g/mol. The Labute approximate surface area is 104 Å². The summed E-state index contributed by atoms with van der Waals surface area (Å²) < 4.78 is 0. The van der Waals surface area contributed by atoms with Gasteiger partial charge in [-0.1, -0.05) is 13.3 Å². The largest absolute Gasteiger partial charge is 0.306 e. The van der Waals surface area contributed by atoms with E-state index in [0.29, 0.717) is 5.56 Å². The van der Waals surface area contributed by atoms with E-state index in [-0.39, 0.29) is 0 Å². The molecule has 2 heterocycles. The Bertz CT molecular complexity index is 342. The van der Waals surface area contributed by atoms with Gasteiger partial charge in [-0.15, -0.1) is 0 Å². The van der Waals surface area contributed by atoms with Crippen LogP contribution in [0.3, 0.4) is 0 Å². The molecule has 3 nitrogen and oxygen atoms in total. The normalized spacial score (nSPS) is 19.9. The van der Waals surface area contributed by atoms with Crippen LogP contribution in [0.15, 0.2) is 24.5 Å². The number of nitriles is 1. The van der Waals surface area contributed by atoms with Crippen molar-refractivity contribution >= 4 is 0 Å². The number of hydrogen-bond donors (Lipinski definition) is 0. The number of nitrogens with zero attached hydrogens (tertiary/aromatic N) is 3. The molecular weight excluding hydrogens is 210 g/mol. The van der Waals surface area contributed by atoms with Crippen molar-refractivity contribution in [1.29, 1.82) is 5.26 Å². The van der Waals surface area contributed by atoms with Crippen molar-refractivity contribution in [3.05, 3.63) is 30.1 Å². The Hall–Kier alpha value is -1.40. The van der Waals surface area contributed by atoms with Gasteiger partial charge < -0.3 is 4.90 Å². The number of hydrogen-bond acceptors (Lipinski definition) is 3. The molecule has 3 heteroatoms. The van der Waals surface area contributed by atoms with Gasteiger partial charge in [-0.3, -0.25) is 4.98 Å².